The molecule has 1 heterocycles. The normalized spacial score (nSPS) is 10.2. The van der Waals surface area contributed by atoms with Crippen molar-refractivity contribution in [2.24, 2.45) is 0 Å². The van der Waals surface area contributed by atoms with Gasteiger partial charge in [-0.2, -0.15) is 4.68 Å². The van der Waals surface area contributed by atoms with E-state index in [4.69, 9.17) is 15.2 Å². The smallest absolute Gasteiger partial charge is 0.362 e. The second kappa shape index (κ2) is 5.47. The second-order valence-electron chi connectivity index (χ2n) is 3.76. The second-order valence-corrected chi connectivity index (χ2v) is 3.76. The number of carbonyl (C=O) groups excluding carboxylic acids is 1. The lowest BCUT2D eigenvalue weighted by molar-refractivity contribution is 0.0595. The van der Waals surface area contributed by atoms with Crippen molar-refractivity contribution in [1.29, 1.82) is 0 Å². The Morgan fingerprint density at radius 1 is 1.25 bits per heavy atom. The van der Waals surface area contributed by atoms with Crippen LogP contribution in [0.3, 0.4) is 0 Å². The number of anilines is 1. The maximum Gasteiger partial charge on any atom is 0.362 e. The summed E-state index contributed by atoms with van der Waals surface area (Å²) in [5, 5.41) is 7.55. The molecule has 106 valence electrons. The summed E-state index contributed by atoms with van der Waals surface area (Å²) in [4.78, 5) is 11.5. The van der Waals surface area contributed by atoms with E-state index in [0.717, 1.165) is 0 Å². The average molecular weight is 278 g/mol. The molecule has 0 atom stereocenters. The summed E-state index contributed by atoms with van der Waals surface area (Å²) in [7, 11) is 4.30. The van der Waals surface area contributed by atoms with Crippen LogP contribution in [0.2, 0.25) is 0 Å². The van der Waals surface area contributed by atoms with E-state index in [1.165, 1.54) is 18.9 Å². The van der Waals surface area contributed by atoms with Crippen LogP contribution in [0, 0.1) is 0 Å². The van der Waals surface area contributed by atoms with Gasteiger partial charge in [0.25, 0.3) is 0 Å². The molecular weight excluding hydrogens is 264 g/mol. The van der Waals surface area contributed by atoms with Crippen LogP contribution in [-0.4, -0.2) is 42.3 Å². The van der Waals surface area contributed by atoms with Crippen molar-refractivity contribution in [3.8, 4) is 17.2 Å². The third-order valence-corrected chi connectivity index (χ3v) is 2.70. The molecule has 2 aromatic rings. The Balaban J connectivity index is 2.52. The van der Waals surface area contributed by atoms with Crippen molar-refractivity contribution in [2.75, 3.05) is 27.1 Å². The van der Waals surface area contributed by atoms with Gasteiger partial charge in [0.15, 0.2) is 5.82 Å². The summed E-state index contributed by atoms with van der Waals surface area (Å²) in [5.74, 6) is 0.524. The maximum atomic E-state index is 11.5. The molecule has 0 radical (unpaired) electrons. The Morgan fingerprint density at radius 2 is 2.00 bits per heavy atom. The fraction of sp³-hybridized carbons (Fsp3) is 0.250. The van der Waals surface area contributed by atoms with E-state index in [1.54, 1.807) is 25.3 Å². The van der Waals surface area contributed by atoms with Crippen molar-refractivity contribution < 1.29 is 19.0 Å². The number of nitrogen functional groups attached to an aromatic ring is 1. The van der Waals surface area contributed by atoms with Crippen LogP contribution in [0.4, 0.5) is 5.82 Å². The molecule has 0 unspecified atom stereocenters. The van der Waals surface area contributed by atoms with E-state index in [2.05, 4.69) is 15.0 Å². The first-order chi connectivity index (χ1) is 9.62. The molecule has 0 aliphatic rings. The lowest BCUT2D eigenvalue weighted by atomic mass is 10.2. The molecule has 0 spiro atoms. The first-order valence-electron chi connectivity index (χ1n) is 5.64. The lowest BCUT2D eigenvalue weighted by Gasteiger charge is -2.10. The van der Waals surface area contributed by atoms with Crippen LogP contribution in [-0.2, 0) is 4.74 Å². The van der Waals surface area contributed by atoms with Gasteiger partial charge in [0, 0.05) is 6.07 Å². The molecule has 0 aliphatic carbocycles. The van der Waals surface area contributed by atoms with Gasteiger partial charge in [-0.3, -0.25) is 0 Å². The van der Waals surface area contributed by atoms with Crippen molar-refractivity contribution in [1.82, 2.24) is 15.0 Å². The van der Waals surface area contributed by atoms with Crippen molar-refractivity contribution in [2.45, 2.75) is 0 Å². The number of hydrogen-bond donors (Lipinski definition) is 1. The average Bonchev–Trinajstić information content (AvgIpc) is 2.87. The summed E-state index contributed by atoms with van der Waals surface area (Å²) >= 11 is 0. The number of nitrogens with two attached hydrogens (primary N) is 1. The van der Waals surface area contributed by atoms with Crippen LogP contribution >= 0.6 is 0 Å². The van der Waals surface area contributed by atoms with E-state index in [0.29, 0.717) is 17.2 Å². The highest BCUT2D eigenvalue weighted by Crippen LogP contribution is 2.29. The molecule has 0 bridgehead atoms. The summed E-state index contributed by atoms with van der Waals surface area (Å²) in [6.07, 6.45) is 0. The quantitative estimate of drug-likeness (QED) is 0.819. The predicted octanol–water partition coefficient (Wildman–Crippen LogP) is 0.653. The Morgan fingerprint density at radius 3 is 2.60 bits per heavy atom. The zero-order chi connectivity index (χ0) is 14.7. The molecule has 0 saturated heterocycles. The highest BCUT2D eigenvalue weighted by atomic mass is 16.5. The van der Waals surface area contributed by atoms with Gasteiger partial charge in [-0.25, -0.2) is 4.79 Å². The van der Waals surface area contributed by atoms with Gasteiger partial charge in [0.2, 0.25) is 5.69 Å². The minimum atomic E-state index is -0.652. The van der Waals surface area contributed by atoms with E-state index in [-0.39, 0.29) is 11.5 Å². The van der Waals surface area contributed by atoms with E-state index >= 15 is 0 Å². The molecule has 1 aromatic carbocycles. The van der Waals surface area contributed by atoms with Crippen molar-refractivity contribution >= 4 is 11.8 Å². The Bertz CT molecular complexity index is 638. The molecule has 0 amide bonds. The number of methoxy groups -OCH3 is 3. The number of aromatic nitrogens is 3. The van der Waals surface area contributed by atoms with Crippen molar-refractivity contribution in [3.05, 3.63) is 23.9 Å². The zero-order valence-corrected chi connectivity index (χ0v) is 11.3. The van der Waals surface area contributed by atoms with Gasteiger partial charge in [0.05, 0.1) is 21.3 Å². The number of carbonyl (C=O) groups is 1. The molecule has 8 heteroatoms. The number of hydrogen-bond acceptors (Lipinski definition) is 7. The molecule has 8 nitrogen and oxygen atoms in total. The molecule has 2 rings (SSSR count). The summed E-state index contributed by atoms with van der Waals surface area (Å²) in [6, 6.07) is 5.09. The third kappa shape index (κ3) is 2.22. The van der Waals surface area contributed by atoms with Gasteiger partial charge in [-0.05, 0) is 12.1 Å². The van der Waals surface area contributed by atoms with Crippen LogP contribution < -0.4 is 15.2 Å². The third-order valence-electron chi connectivity index (χ3n) is 2.70. The predicted molar refractivity (Wildman–Crippen MR) is 70.2 cm³/mol. The largest absolute Gasteiger partial charge is 0.497 e. The molecular formula is C12H14N4O4. The first-order valence-corrected chi connectivity index (χ1v) is 5.64. The number of rotatable bonds is 4. The monoisotopic (exact) mass is 278 g/mol. The molecule has 0 aliphatic heterocycles. The number of esters is 1. The van der Waals surface area contributed by atoms with Gasteiger partial charge < -0.3 is 19.9 Å². The van der Waals surface area contributed by atoms with Crippen LogP contribution in [0.25, 0.3) is 5.69 Å². The summed E-state index contributed by atoms with van der Waals surface area (Å²) in [6.45, 7) is 0. The Kier molecular flexibility index (Phi) is 3.74. The molecule has 0 fully saturated rings. The molecule has 20 heavy (non-hydrogen) atoms. The maximum absolute atomic E-state index is 11.5. The van der Waals surface area contributed by atoms with E-state index in [9.17, 15) is 4.79 Å². The van der Waals surface area contributed by atoms with Crippen LogP contribution in [0.5, 0.6) is 11.5 Å². The minimum absolute atomic E-state index is 0.0506. The first kappa shape index (κ1) is 13.7. The lowest BCUT2D eigenvalue weighted by Crippen LogP contribution is -2.08. The molecule has 2 N–H and O–H groups in total. The summed E-state index contributed by atoms with van der Waals surface area (Å²) in [5.41, 5.74) is 6.34. The SMILES string of the molecule is COC(=O)c1nnn(-c2ccc(OC)cc2OC)c1N. The molecule has 0 saturated carbocycles. The fourth-order valence-electron chi connectivity index (χ4n) is 1.67. The van der Waals surface area contributed by atoms with Crippen LogP contribution in [0.1, 0.15) is 10.5 Å². The standard InChI is InChI=1S/C12H14N4O4/c1-18-7-4-5-8(9(6-7)19-2)16-11(13)10(14-15-16)12(17)20-3/h4-6H,13H2,1-3H3. The van der Waals surface area contributed by atoms with E-state index in [1.807, 2.05) is 0 Å². The van der Waals surface area contributed by atoms with Gasteiger partial charge in [0.1, 0.15) is 17.2 Å². The van der Waals surface area contributed by atoms with Crippen molar-refractivity contribution in [3.63, 3.8) is 0 Å². The Hall–Kier alpha value is -2.77. The molecule has 1 aromatic heterocycles. The van der Waals surface area contributed by atoms with Gasteiger partial charge in [-0.15, -0.1) is 5.10 Å². The highest BCUT2D eigenvalue weighted by molar-refractivity contribution is 5.92. The minimum Gasteiger partial charge on any atom is -0.497 e. The Labute approximate surface area is 115 Å². The van der Waals surface area contributed by atoms with Gasteiger partial charge in [-0.1, -0.05) is 5.21 Å². The topological polar surface area (TPSA) is 101 Å². The number of benzene rings is 1. The number of nitrogens with zero attached hydrogens (tertiary/aromatic N) is 3. The zero-order valence-electron chi connectivity index (χ0n) is 11.3. The number of ether oxygens (including phenoxy) is 3. The fourth-order valence-corrected chi connectivity index (χ4v) is 1.67. The summed E-state index contributed by atoms with van der Waals surface area (Å²) < 4.78 is 16.2. The van der Waals surface area contributed by atoms with E-state index < -0.39 is 5.97 Å². The highest BCUT2D eigenvalue weighted by Gasteiger charge is 2.20. The van der Waals surface area contributed by atoms with Crippen LogP contribution in [0.15, 0.2) is 18.2 Å². The van der Waals surface area contributed by atoms with Gasteiger partial charge >= 0.3 is 5.97 Å².